The van der Waals surface area contributed by atoms with Crippen LogP contribution < -0.4 is 10.1 Å². The molecule has 0 aliphatic carbocycles. The third-order valence-corrected chi connectivity index (χ3v) is 2.69. The van der Waals surface area contributed by atoms with Gasteiger partial charge in [-0.15, -0.1) is 0 Å². The molecule has 1 aromatic carbocycles. The van der Waals surface area contributed by atoms with Crippen molar-refractivity contribution in [3.05, 3.63) is 28.5 Å². The molecule has 7 heteroatoms. The highest BCUT2D eigenvalue weighted by Gasteiger charge is 2.16. The number of benzene rings is 1. The Morgan fingerprint density at radius 2 is 2.16 bits per heavy atom. The SMILES string of the molecule is CNC(=O)C(F)CCOc1cccc(Br)c1F.CS. The molecule has 1 atom stereocenters. The summed E-state index contributed by atoms with van der Waals surface area (Å²) in [6.45, 7) is -0.0675. The van der Waals surface area contributed by atoms with Crippen LogP contribution in [0.2, 0.25) is 0 Å². The number of halogens is 3. The molecule has 0 aliphatic rings. The Labute approximate surface area is 125 Å². The van der Waals surface area contributed by atoms with Crippen molar-refractivity contribution in [3.8, 4) is 5.75 Å². The van der Waals surface area contributed by atoms with Crippen molar-refractivity contribution < 1.29 is 18.3 Å². The van der Waals surface area contributed by atoms with Gasteiger partial charge in [-0.1, -0.05) is 6.07 Å². The number of ether oxygens (including phenoxy) is 1. The minimum absolute atomic E-state index is 0.0310. The van der Waals surface area contributed by atoms with Crippen LogP contribution in [0.1, 0.15) is 6.42 Å². The van der Waals surface area contributed by atoms with E-state index < -0.39 is 17.9 Å². The molecule has 0 bridgehead atoms. The first kappa shape index (κ1) is 18.2. The Kier molecular flexibility index (Phi) is 9.59. The Bertz CT molecular complexity index is 407. The third kappa shape index (κ3) is 6.24. The summed E-state index contributed by atoms with van der Waals surface area (Å²) in [6.07, 6.45) is -0.0683. The molecular formula is C12H16BrF2NO2S. The molecule has 1 unspecified atom stereocenters. The van der Waals surface area contributed by atoms with E-state index in [9.17, 15) is 13.6 Å². The number of carbonyl (C=O) groups excluding carboxylic acids is 1. The van der Waals surface area contributed by atoms with Crippen LogP contribution in [0.5, 0.6) is 5.75 Å². The number of hydrogen-bond donors (Lipinski definition) is 2. The van der Waals surface area contributed by atoms with E-state index in [0.29, 0.717) is 0 Å². The van der Waals surface area contributed by atoms with Gasteiger partial charge in [-0.2, -0.15) is 12.6 Å². The summed E-state index contributed by atoms with van der Waals surface area (Å²) >= 11 is 6.54. The highest BCUT2D eigenvalue weighted by atomic mass is 79.9. The zero-order valence-corrected chi connectivity index (χ0v) is 13.1. The smallest absolute Gasteiger partial charge is 0.254 e. The molecule has 0 aromatic heterocycles. The number of thiol groups is 1. The molecule has 0 aliphatic heterocycles. The van der Waals surface area contributed by atoms with E-state index in [1.165, 1.54) is 19.2 Å². The highest BCUT2D eigenvalue weighted by molar-refractivity contribution is 9.10. The molecule has 1 amide bonds. The molecule has 1 aromatic rings. The lowest BCUT2D eigenvalue weighted by molar-refractivity contribution is -0.125. The first-order valence-corrected chi connectivity index (χ1v) is 7.12. The normalized spacial score (nSPS) is 11.1. The van der Waals surface area contributed by atoms with Crippen molar-refractivity contribution in [2.75, 3.05) is 19.9 Å². The van der Waals surface area contributed by atoms with Crippen molar-refractivity contribution >= 4 is 34.5 Å². The fraction of sp³-hybridized carbons (Fsp3) is 0.417. The van der Waals surface area contributed by atoms with Crippen LogP contribution in [0.25, 0.3) is 0 Å². The molecule has 0 radical (unpaired) electrons. The zero-order valence-electron chi connectivity index (χ0n) is 10.6. The number of alkyl halides is 1. The number of hydrogen-bond acceptors (Lipinski definition) is 3. The fourth-order valence-corrected chi connectivity index (χ4v) is 1.50. The van der Waals surface area contributed by atoms with Gasteiger partial charge in [0.1, 0.15) is 0 Å². The first-order valence-electron chi connectivity index (χ1n) is 5.43. The van der Waals surface area contributed by atoms with Gasteiger partial charge < -0.3 is 10.1 Å². The topological polar surface area (TPSA) is 38.3 Å². The second-order valence-corrected chi connectivity index (χ2v) is 4.13. The molecule has 0 saturated heterocycles. The predicted molar refractivity (Wildman–Crippen MR) is 78.1 cm³/mol. The lowest BCUT2D eigenvalue weighted by Crippen LogP contribution is -2.29. The molecule has 1 rings (SSSR count). The van der Waals surface area contributed by atoms with Crippen LogP contribution in [-0.4, -0.2) is 32.0 Å². The van der Waals surface area contributed by atoms with Gasteiger partial charge in [0.15, 0.2) is 17.7 Å². The molecule has 0 saturated carbocycles. The first-order chi connectivity index (χ1) is 9.06. The van der Waals surface area contributed by atoms with Gasteiger partial charge in [-0.25, -0.2) is 8.78 Å². The van der Waals surface area contributed by atoms with Crippen LogP contribution in [0, 0.1) is 5.82 Å². The zero-order chi connectivity index (χ0) is 14.8. The van der Waals surface area contributed by atoms with Crippen molar-refractivity contribution in [3.63, 3.8) is 0 Å². The Hall–Kier alpha value is -0.820. The predicted octanol–water partition coefficient (Wildman–Crippen LogP) is 2.99. The molecule has 3 nitrogen and oxygen atoms in total. The Morgan fingerprint density at radius 3 is 2.74 bits per heavy atom. The summed E-state index contributed by atoms with van der Waals surface area (Å²) in [5.74, 6) is -1.21. The van der Waals surface area contributed by atoms with Crippen LogP contribution >= 0.6 is 28.6 Å². The summed E-state index contributed by atoms with van der Waals surface area (Å²) in [5.41, 5.74) is 0. The molecule has 0 heterocycles. The maximum absolute atomic E-state index is 13.4. The quantitative estimate of drug-likeness (QED) is 0.797. The largest absolute Gasteiger partial charge is 0.490 e. The van der Waals surface area contributed by atoms with Gasteiger partial charge in [0.05, 0.1) is 11.1 Å². The molecule has 19 heavy (non-hydrogen) atoms. The Morgan fingerprint density at radius 1 is 1.53 bits per heavy atom. The van der Waals surface area contributed by atoms with Crippen molar-refractivity contribution in [1.82, 2.24) is 5.32 Å². The molecular weight excluding hydrogens is 340 g/mol. The van der Waals surface area contributed by atoms with Crippen molar-refractivity contribution in [2.24, 2.45) is 0 Å². The standard InChI is InChI=1S/C11H12BrF2NO2.CH4S/c1-15-11(16)8(13)5-6-17-9-4-2-3-7(12)10(9)14;1-2/h2-4,8H,5-6H2,1H3,(H,15,16);2H,1H3. The van der Waals surface area contributed by atoms with Gasteiger partial charge in [0, 0.05) is 13.5 Å². The lowest BCUT2D eigenvalue weighted by atomic mass is 10.2. The number of nitrogens with one attached hydrogen (secondary N) is 1. The van der Waals surface area contributed by atoms with E-state index in [1.54, 1.807) is 12.3 Å². The van der Waals surface area contributed by atoms with Gasteiger partial charge in [0.2, 0.25) is 0 Å². The van der Waals surface area contributed by atoms with Crippen LogP contribution in [-0.2, 0) is 4.79 Å². The van der Waals surface area contributed by atoms with E-state index >= 15 is 0 Å². The average molecular weight is 356 g/mol. The minimum atomic E-state index is -1.64. The van der Waals surface area contributed by atoms with Crippen LogP contribution in [0.3, 0.4) is 0 Å². The maximum atomic E-state index is 13.4. The van der Waals surface area contributed by atoms with Gasteiger partial charge in [-0.05, 0) is 34.3 Å². The molecule has 0 fully saturated rings. The van der Waals surface area contributed by atoms with E-state index in [-0.39, 0.29) is 23.2 Å². The van der Waals surface area contributed by atoms with Crippen LogP contribution in [0.4, 0.5) is 8.78 Å². The summed E-state index contributed by atoms with van der Waals surface area (Å²) in [5, 5.41) is 2.18. The van der Waals surface area contributed by atoms with Crippen molar-refractivity contribution in [2.45, 2.75) is 12.6 Å². The molecule has 1 N–H and O–H groups in total. The average Bonchev–Trinajstić information content (AvgIpc) is 2.44. The summed E-state index contributed by atoms with van der Waals surface area (Å²) in [7, 11) is 1.35. The Balaban J connectivity index is 0.00000154. The maximum Gasteiger partial charge on any atom is 0.254 e. The highest BCUT2D eigenvalue weighted by Crippen LogP contribution is 2.24. The fourth-order valence-electron chi connectivity index (χ4n) is 1.16. The lowest BCUT2D eigenvalue weighted by Gasteiger charge is -2.09. The minimum Gasteiger partial charge on any atom is -0.490 e. The van der Waals surface area contributed by atoms with E-state index in [1.807, 2.05) is 0 Å². The van der Waals surface area contributed by atoms with E-state index in [2.05, 4.69) is 33.9 Å². The monoisotopic (exact) mass is 355 g/mol. The number of amides is 1. The number of carbonyl (C=O) groups is 1. The molecule has 108 valence electrons. The summed E-state index contributed by atoms with van der Waals surface area (Å²) in [6, 6.07) is 4.58. The second-order valence-electron chi connectivity index (χ2n) is 3.27. The van der Waals surface area contributed by atoms with Gasteiger partial charge in [0.25, 0.3) is 5.91 Å². The van der Waals surface area contributed by atoms with E-state index in [4.69, 9.17) is 4.74 Å². The third-order valence-electron chi connectivity index (χ3n) is 2.08. The molecule has 0 spiro atoms. The summed E-state index contributed by atoms with van der Waals surface area (Å²) < 4.78 is 31.8. The summed E-state index contributed by atoms with van der Waals surface area (Å²) in [4.78, 5) is 10.9. The van der Waals surface area contributed by atoms with Gasteiger partial charge >= 0.3 is 0 Å². The van der Waals surface area contributed by atoms with Crippen LogP contribution in [0.15, 0.2) is 22.7 Å². The van der Waals surface area contributed by atoms with Crippen molar-refractivity contribution in [1.29, 1.82) is 0 Å². The second kappa shape index (κ2) is 10.0. The van der Waals surface area contributed by atoms with Gasteiger partial charge in [-0.3, -0.25) is 4.79 Å². The van der Waals surface area contributed by atoms with E-state index in [0.717, 1.165) is 0 Å². The number of rotatable bonds is 5.